The van der Waals surface area contributed by atoms with Crippen LogP contribution in [-0.2, 0) is 0 Å². The fourth-order valence-electron chi connectivity index (χ4n) is 2.35. The van der Waals surface area contributed by atoms with Crippen LogP contribution in [0.2, 0.25) is 0 Å². The number of thiophene rings is 1. The number of aryl methyl sites for hydroxylation is 5. The van der Waals surface area contributed by atoms with Gasteiger partial charge in [-0.3, -0.25) is 4.79 Å². The molecule has 0 aliphatic rings. The Balaban J connectivity index is 2.52. The van der Waals surface area contributed by atoms with Gasteiger partial charge in [-0.05, 0) is 57.4 Å². The van der Waals surface area contributed by atoms with Crippen LogP contribution >= 0.6 is 11.3 Å². The van der Waals surface area contributed by atoms with E-state index in [2.05, 4.69) is 32.9 Å². The molecule has 0 unspecified atom stereocenters. The molecule has 0 saturated carbocycles. The summed E-state index contributed by atoms with van der Waals surface area (Å²) in [6, 6.07) is 6.15. The molecule has 0 spiro atoms. The van der Waals surface area contributed by atoms with E-state index in [4.69, 9.17) is 0 Å². The molecule has 0 atom stereocenters. The van der Waals surface area contributed by atoms with Crippen molar-refractivity contribution >= 4 is 17.1 Å². The lowest BCUT2D eigenvalue weighted by atomic mass is 9.96. The van der Waals surface area contributed by atoms with Crippen LogP contribution in [0.5, 0.6) is 0 Å². The fourth-order valence-corrected chi connectivity index (χ4v) is 3.33. The monoisotopic (exact) mass is 258 g/mol. The van der Waals surface area contributed by atoms with Crippen molar-refractivity contribution in [3.8, 4) is 0 Å². The minimum Gasteiger partial charge on any atom is -0.288 e. The van der Waals surface area contributed by atoms with Crippen LogP contribution < -0.4 is 0 Å². The molecule has 0 bridgehead atoms. The van der Waals surface area contributed by atoms with Crippen molar-refractivity contribution in [2.24, 2.45) is 0 Å². The molecule has 94 valence electrons. The summed E-state index contributed by atoms with van der Waals surface area (Å²) in [6.07, 6.45) is 0. The number of ketones is 1. The van der Waals surface area contributed by atoms with Crippen LogP contribution in [0.25, 0.3) is 0 Å². The third-order valence-electron chi connectivity index (χ3n) is 3.29. The maximum atomic E-state index is 12.6. The second kappa shape index (κ2) is 4.69. The number of carbonyl (C=O) groups is 1. The topological polar surface area (TPSA) is 17.1 Å². The average molecular weight is 258 g/mol. The van der Waals surface area contributed by atoms with Crippen LogP contribution in [0.3, 0.4) is 0 Å². The summed E-state index contributed by atoms with van der Waals surface area (Å²) < 4.78 is 0. The maximum Gasteiger partial charge on any atom is 0.203 e. The van der Waals surface area contributed by atoms with Crippen molar-refractivity contribution in [1.82, 2.24) is 0 Å². The van der Waals surface area contributed by atoms with Gasteiger partial charge in [-0.15, -0.1) is 11.3 Å². The summed E-state index contributed by atoms with van der Waals surface area (Å²) in [5.74, 6) is 0.159. The third-order valence-corrected chi connectivity index (χ3v) is 4.45. The van der Waals surface area contributed by atoms with Crippen LogP contribution in [0.4, 0.5) is 0 Å². The minimum atomic E-state index is 0.159. The summed E-state index contributed by atoms with van der Waals surface area (Å²) >= 11 is 1.59. The lowest BCUT2D eigenvalue weighted by Crippen LogP contribution is -2.05. The SMILES string of the molecule is Cc1cc(C)c(C(=O)c2cc(C)c(C)s2)c(C)c1. The van der Waals surface area contributed by atoms with Gasteiger partial charge in [0, 0.05) is 10.4 Å². The van der Waals surface area contributed by atoms with Gasteiger partial charge in [0.05, 0.1) is 4.88 Å². The van der Waals surface area contributed by atoms with E-state index in [0.717, 1.165) is 21.6 Å². The van der Waals surface area contributed by atoms with E-state index in [1.54, 1.807) is 11.3 Å². The molecule has 0 N–H and O–H groups in total. The highest BCUT2D eigenvalue weighted by Crippen LogP contribution is 2.26. The Kier molecular flexibility index (Phi) is 3.40. The van der Waals surface area contributed by atoms with Gasteiger partial charge in [-0.2, -0.15) is 0 Å². The van der Waals surface area contributed by atoms with Gasteiger partial charge < -0.3 is 0 Å². The third kappa shape index (κ3) is 2.25. The zero-order valence-electron chi connectivity index (χ0n) is 11.5. The van der Waals surface area contributed by atoms with Gasteiger partial charge in [0.1, 0.15) is 0 Å². The maximum absolute atomic E-state index is 12.6. The first-order valence-electron chi connectivity index (χ1n) is 6.09. The molecule has 0 aliphatic carbocycles. The molecule has 18 heavy (non-hydrogen) atoms. The lowest BCUT2D eigenvalue weighted by Gasteiger charge is -2.09. The molecule has 1 aromatic heterocycles. The molecule has 1 heterocycles. The van der Waals surface area contributed by atoms with E-state index in [9.17, 15) is 4.79 Å². The largest absolute Gasteiger partial charge is 0.288 e. The van der Waals surface area contributed by atoms with Crippen molar-refractivity contribution < 1.29 is 4.79 Å². The van der Waals surface area contributed by atoms with Gasteiger partial charge in [-0.25, -0.2) is 0 Å². The Hall–Kier alpha value is -1.41. The summed E-state index contributed by atoms with van der Waals surface area (Å²) in [6.45, 7) is 10.2. The molecule has 0 saturated heterocycles. The number of rotatable bonds is 2. The van der Waals surface area contributed by atoms with Crippen molar-refractivity contribution in [2.75, 3.05) is 0 Å². The Labute approximate surface area is 112 Å². The molecule has 0 fully saturated rings. The predicted molar refractivity (Wildman–Crippen MR) is 77.9 cm³/mol. The molecule has 0 aliphatic heterocycles. The highest BCUT2D eigenvalue weighted by molar-refractivity contribution is 7.14. The summed E-state index contributed by atoms with van der Waals surface area (Å²) in [5, 5.41) is 0. The van der Waals surface area contributed by atoms with Crippen LogP contribution in [-0.4, -0.2) is 5.78 Å². The van der Waals surface area contributed by atoms with Gasteiger partial charge in [0.15, 0.2) is 0 Å². The van der Waals surface area contributed by atoms with E-state index < -0.39 is 0 Å². The van der Waals surface area contributed by atoms with E-state index in [-0.39, 0.29) is 5.78 Å². The number of hydrogen-bond donors (Lipinski definition) is 0. The molecule has 2 heteroatoms. The standard InChI is InChI=1S/C16H18OS/c1-9-6-11(3)15(12(4)7-9)16(17)14-8-10(2)13(5)18-14/h6-8H,1-5H3. The highest BCUT2D eigenvalue weighted by atomic mass is 32.1. The molecule has 0 amide bonds. The molecule has 2 rings (SSSR count). The number of benzene rings is 1. The zero-order valence-corrected chi connectivity index (χ0v) is 12.4. The smallest absolute Gasteiger partial charge is 0.203 e. The molecular weight excluding hydrogens is 240 g/mol. The van der Waals surface area contributed by atoms with E-state index in [1.807, 2.05) is 19.9 Å². The van der Waals surface area contributed by atoms with Crippen molar-refractivity contribution in [3.05, 3.63) is 55.8 Å². The average Bonchev–Trinajstić information content (AvgIpc) is 2.57. The van der Waals surface area contributed by atoms with Crippen molar-refractivity contribution in [1.29, 1.82) is 0 Å². The predicted octanol–water partition coefficient (Wildman–Crippen LogP) is 4.52. The highest BCUT2D eigenvalue weighted by Gasteiger charge is 2.17. The Morgan fingerprint density at radius 3 is 1.89 bits per heavy atom. The van der Waals surface area contributed by atoms with E-state index in [1.165, 1.54) is 16.0 Å². The molecular formula is C16H18OS. The van der Waals surface area contributed by atoms with Crippen molar-refractivity contribution in [2.45, 2.75) is 34.6 Å². The van der Waals surface area contributed by atoms with Gasteiger partial charge >= 0.3 is 0 Å². The lowest BCUT2D eigenvalue weighted by molar-refractivity contribution is 0.104. The molecule has 2 aromatic rings. The first kappa shape index (κ1) is 13.0. The molecule has 1 aromatic carbocycles. The summed E-state index contributed by atoms with van der Waals surface area (Å²) in [5.41, 5.74) is 5.41. The minimum absolute atomic E-state index is 0.159. The Morgan fingerprint density at radius 2 is 1.44 bits per heavy atom. The van der Waals surface area contributed by atoms with Crippen LogP contribution in [0.15, 0.2) is 18.2 Å². The van der Waals surface area contributed by atoms with Gasteiger partial charge in [0.25, 0.3) is 0 Å². The quantitative estimate of drug-likeness (QED) is 0.724. The normalized spacial score (nSPS) is 10.7. The van der Waals surface area contributed by atoms with Gasteiger partial charge in [0.2, 0.25) is 5.78 Å². The van der Waals surface area contributed by atoms with E-state index >= 15 is 0 Å². The molecule has 0 radical (unpaired) electrons. The zero-order chi connectivity index (χ0) is 13.4. The summed E-state index contributed by atoms with van der Waals surface area (Å²) in [4.78, 5) is 14.6. The number of hydrogen-bond acceptors (Lipinski definition) is 2. The Morgan fingerprint density at radius 1 is 0.889 bits per heavy atom. The fraction of sp³-hybridized carbons (Fsp3) is 0.312. The Bertz CT molecular complexity index is 578. The molecule has 1 nitrogen and oxygen atoms in total. The number of carbonyl (C=O) groups excluding carboxylic acids is 1. The van der Waals surface area contributed by atoms with Crippen LogP contribution in [0, 0.1) is 34.6 Å². The summed E-state index contributed by atoms with van der Waals surface area (Å²) in [7, 11) is 0. The second-order valence-corrected chi connectivity index (χ2v) is 6.21. The second-order valence-electron chi connectivity index (χ2n) is 4.95. The van der Waals surface area contributed by atoms with E-state index in [0.29, 0.717) is 0 Å². The first-order chi connectivity index (χ1) is 8.40. The van der Waals surface area contributed by atoms with Crippen LogP contribution in [0.1, 0.15) is 42.4 Å². The van der Waals surface area contributed by atoms with Gasteiger partial charge in [-0.1, -0.05) is 17.7 Å². The van der Waals surface area contributed by atoms with Crippen molar-refractivity contribution in [3.63, 3.8) is 0 Å². The first-order valence-corrected chi connectivity index (χ1v) is 6.91.